The van der Waals surface area contributed by atoms with Crippen molar-refractivity contribution in [3.05, 3.63) is 71.8 Å². The maximum absolute atomic E-state index is 11.6. The summed E-state index contributed by atoms with van der Waals surface area (Å²) in [5.74, 6) is 1.32. The third-order valence-corrected chi connectivity index (χ3v) is 6.39. The van der Waals surface area contributed by atoms with Gasteiger partial charge in [0.15, 0.2) is 0 Å². The third-order valence-electron chi connectivity index (χ3n) is 4.60. The lowest BCUT2D eigenvalue weighted by atomic mass is 10.1. The molecule has 0 atom stereocenters. The summed E-state index contributed by atoms with van der Waals surface area (Å²) >= 11 is 0. The van der Waals surface area contributed by atoms with Gasteiger partial charge in [-0.1, -0.05) is 74.0 Å². The van der Waals surface area contributed by atoms with Crippen molar-refractivity contribution in [3.8, 4) is 0 Å². The normalized spacial score (nSPS) is 14.2. The molecule has 3 rings (SSSR count). The molecule has 0 fully saturated rings. The van der Waals surface area contributed by atoms with Crippen molar-refractivity contribution in [2.24, 2.45) is 4.99 Å². The molecule has 0 saturated heterocycles. The Bertz CT molecular complexity index is 917. The number of amidine groups is 1. The molecule has 1 aliphatic heterocycles. The summed E-state index contributed by atoms with van der Waals surface area (Å²) in [6.07, 6.45) is 3.23. The van der Waals surface area contributed by atoms with Crippen LogP contribution in [-0.4, -0.2) is 25.8 Å². The first-order valence-corrected chi connectivity index (χ1v) is 11.3. The number of unbranched alkanes of at least 4 members (excludes halogenated alkanes) is 2. The minimum atomic E-state index is -2.87. The van der Waals surface area contributed by atoms with Crippen LogP contribution in [0.15, 0.2) is 65.7 Å². The summed E-state index contributed by atoms with van der Waals surface area (Å²) in [6, 6.07) is 20.2. The Labute approximate surface area is 162 Å². The molecule has 4 nitrogen and oxygen atoms in total. The number of rotatable bonds is 9. The van der Waals surface area contributed by atoms with E-state index in [1.54, 1.807) is 6.92 Å². The Morgan fingerprint density at radius 1 is 0.778 bits per heavy atom. The minimum absolute atomic E-state index is 0.222. The maximum Gasteiger partial charge on any atom is 0.150 e. The summed E-state index contributed by atoms with van der Waals surface area (Å²) in [6.45, 7) is 1.70. The highest BCUT2D eigenvalue weighted by Crippen LogP contribution is 2.31. The second-order valence-electron chi connectivity index (χ2n) is 6.62. The van der Waals surface area contributed by atoms with Crippen molar-refractivity contribution in [1.82, 2.24) is 5.32 Å². The van der Waals surface area contributed by atoms with Gasteiger partial charge in [0.05, 0.1) is 17.1 Å². The van der Waals surface area contributed by atoms with E-state index in [4.69, 9.17) is 10.3 Å². The van der Waals surface area contributed by atoms with Gasteiger partial charge in [0.1, 0.15) is 15.7 Å². The Hall–Kier alpha value is -2.40. The zero-order valence-electron chi connectivity index (χ0n) is 15.6. The van der Waals surface area contributed by atoms with Gasteiger partial charge in [-0.3, -0.25) is 0 Å². The van der Waals surface area contributed by atoms with Crippen LogP contribution >= 0.6 is 0 Å². The molecular formula is C22H25N2O2S. The van der Waals surface area contributed by atoms with Gasteiger partial charge in [-0.2, -0.15) is 0 Å². The fourth-order valence-corrected chi connectivity index (χ4v) is 3.95. The number of benzene rings is 2. The fourth-order valence-electron chi connectivity index (χ4n) is 3.02. The van der Waals surface area contributed by atoms with Gasteiger partial charge in [-0.15, -0.1) is 0 Å². The Morgan fingerprint density at radius 3 is 1.96 bits per heavy atom. The van der Waals surface area contributed by atoms with Crippen LogP contribution in [-0.2, 0) is 9.84 Å². The van der Waals surface area contributed by atoms with E-state index in [-0.39, 0.29) is 11.5 Å². The number of hydrogen-bond donors (Lipinski definition) is 0. The molecule has 27 heavy (non-hydrogen) atoms. The van der Waals surface area contributed by atoms with E-state index in [1.807, 2.05) is 36.4 Å². The highest BCUT2D eigenvalue weighted by Gasteiger charge is 2.21. The number of sulfone groups is 1. The van der Waals surface area contributed by atoms with Crippen LogP contribution in [0.3, 0.4) is 0 Å². The lowest BCUT2D eigenvalue weighted by molar-refractivity contribution is 0.591. The highest BCUT2D eigenvalue weighted by molar-refractivity contribution is 7.91. The van der Waals surface area contributed by atoms with Gasteiger partial charge >= 0.3 is 0 Å². The lowest BCUT2D eigenvalue weighted by Crippen LogP contribution is -2.11. The quantitative estimate of drug-likeness (QED) is 0.599. The standard InChI is InChI=1S/C22H25N2O2S/c1-2-27(25,26)17-11-5-10-16-20-23-21(18-12-6-3-7-13-18)22(24-20)19-14-8-4-9-15-19/h3-4,6-9,12-15H,2,5,10-11,16-17H2,1H3. The zero-order chi connectivity index (χ0) is 19.1. The SMILES string of the molecule is CCS(=O)(=O)CCCCCC1=NC(c2ccccc2)=C(c2ccccc2)[N]1. The molecule has 0 aliphatic carbocycles. The Morgan fingerprint density at radius 2 is 1.37 bits per heavy atom. The molecule has 2 aromatic rings. The average Bonchev–Trinajstić information content (AvgIpc) is 3.13. The topological polar surface area (TPSA) is 60.6 Å². The first-order chi connectivity index (χ1) is 13.1. The molecule has 0 amide bonds. The molecule has 5 heteroatoms. The second kappa shape index (κ2) is 9.00. The maximum atomic E-state index is 11.6. The third kappa shape index (κ3) is 5.30. The number of nitrogens with zero attached hydrogens (tertiary/aromatic N) is 2. The van der Waals surface area contributed by atoms with Crippen LogP contribution in [0.4, 0.5) is 0 Å². The van der Waals surface area contributed by atoms with E-state index in [9.17, 15) is 8.42 Å². The molecule has 141 valence electrons. The van der Waals surface area contributed by atoms with Gasteiger partial charge in [0.25, 0.3) is 0 Å². The lowest BCUT2D eigenvalue weighted by Gasteiger charge is -2.06. The van der Waals surface area contributed by atoms with Crippen LogP contribution in [0.1, 0.15) is 43.7 Å². The molecule has 0 bridgehead atoms. The summed E-state index contributed by atoms with van der Waals surface area (Å²) in [5.41, 5.74) is 3.93. The van der Waals surface area contributed by atoms with Crippen molar-refractivity contribution in [2.45, 2.75) is 32.6 Å². The largest absolute Gasteiger partial charge is 0.231 e. The fraction of sp³-hybridized carbons (Fsp3) is 0.318. The monoisotopic (exact) mass is 381 g/mol. The zero-order valence-corrected chi connectivity index (χ0v) is 16.5. The molecule has 0 saturated carbocycles. The molecular weight excluding hydrogens is 356 g/mol. The van der Waals surface area contributed by atoms with Crippen LogP contribution in [0.5, 0.6) is 0 Å². The van der Waals surface area contributed by atoms with Crippen LogP contribution in [0, 0.1) is 0 Å². The predicted molar refractivity (Wildman–Crippen MR) is 112 cm³/mol. The van der Waals surface area contributed by atoms with Crippen molar-refractivity contribution in [2.75, 3.05) is 11.5 Å². The van der Waals surface area contributed by atoms with E-state index in [1.165, 1.54) is 0 Å². The van der Waals surface area contributed by atoms with Crippen LogP contribution in [0.25, 0.3) is 11.4 Å². The van der Waals surface area contributed by atoms with Crippen molar-refractivity contribution in [1.29, 1.82) is 0 Å². The van der Waals surface area contributed by atoms with E-state index in [0.717, 1.165) is 47.6 Å². The van der Waals surface area contributed by atoms with E-state index in [0.29, 0.717) is 6.42 Å². The first-order valence-electron chi connectivity index (χ1n) is 9.44. The second-order valence-corrected chi connectivity index (χ2v) is 9.09. The van der Waals surface area contributed by atoms with Crippen molar-refractivity contribution >= 4 is 27.1 Å². The van der Waals surface area contributed by atoms with Crippen LogP contribution < -0.4 is 5.32 Å². The van der Waals surface area contributed by atoms with Crippen molar-refractivity contribution < 1.29 is 8.42 Å². The molecule has 0 aromatic heterocycles. The number of hydrogen-bond acceptors (Lipinski definition) is 3. The van der Waals surface area contributed by atoms with Gasteiger partial charge < -0.3 is 0 Å². The van der Waals surface area contributed by atoms with Crippen molar-refractivity contribution in [3.63, 3.8) is 0 Å². The smallest absolute Gasteiger partial charge is 0.150 e. The van der Waals surface area contributed by atoms with E-state index in [2.05, 4.69) is 24.3 Å². The minimum Gasteiger partial charge on any atom is -0.231 e. The van der Waals surface area contributed by atoms with E-state index >= 15 is 0 Å². The summed E-state index contributed by atoms with van der Waals surface area (Å²) < 4.78 is 23.1. The Balaban J connectivity index is 1.66. The first kappa shape index (κ1) is 19.4. The highest BCUT2D eigenvalue weighted by atomic mass is 32.2. The van der Waals surface area contributed by atoms with Gasteiger partial charge in [0.2, 0.25) is 0 Å². The summed E-state index contributed by atoms with van der Waals surface area (Å²) in [4.78, 5) is 4.79. The van der Waals surface area contributed by atoms with Gasteiger partial charge in [-0.05, 0) is 12.8 Å². The molecule has 2 aromatic carbocycles. The molecule has 0 spiro atoms. The molecule has 1 heterocycles. The van der Waals surface area contributed by atoms with Crippen LogP contribution in [0.2, 0.25) is 0 Å². The van der Waals surface area contributed by atoms with Gasteiger partial charge in [0, 0.05) is 23.3 Å². The Kier molecular flexibility index (Phi) is 6.45. The average molecular weight is 382 g/mol. The molecule has 1 aliphatic rings. The molecule has 0 N–H and O–H groups in total. The summed E-state index contributed by atoms with van der Waals surface area (Å²) in [5, 5.41) is 4.79. The summed E-state index contributed by atoms with van der Waals surface area (Å²) in [7, 11) is -2.87. The molecule has 0 unspecified atom stereocenters. The van der Waals surface area contributed by atoms with E-state index < -0.39 is 9.84 Å². The predicted octanol–water partition coefficient (Wildman–Crippen LogP) is 4.52. The number of aliphatic imine (C=N–C) groups is 1. The molecule has 1 radical (unpaired) electrons. The van der Waals surface area contributed by atoms with Gasteiger partial charge in [-0.25, -0.2) is 18.7 Å².